The molecule has 3 heteroatoms. The molecule has 0 aromatic rings. The Balaban J connectivity index is 1.82. The van der Waals surface area contributed by atoms with E-state index in [9.17, 15) is 0 Å². The predicted molar refractivity (Wildman–Crippen MR) is 71.0 cm³/mol. The smallest absolute Gasteiger partial charge is 0.0757 e. The zero-order valence-electron chi connectivity index (χ0n) is 11.6. The van der Waals surface area contributed by atoms with Crippen LogP contribution in [0.15, 0.2) is 0 Å². The van der Waals surface area contributed by atoms with Crippen molar-refractivity contribution in [3.63, 3.8) is 0 Å². The van der Waals surface area contributed by atoms with Gasteiger partial charge in [0, 0.05) is 25.7 Å². The lowest BCUT2D eigenvalue weighted by Gasteiger charge is -2.43. The minimum absolute atomic E-state index is 0.0166. The molecule has 2 fully saturated rings. The van der Waals surface area contributed by atoms with E-state index < -0.39 is 0 Å². The molecule has 0 radical (unpaired) electrons. The molecule has 0 spiro atoms. The van der Waals surface area contributed by atoms with E-state index in [0.29, 0.717) is 12.1 Å². The standard InChI is InChI=1S/C14H28N2O/c1-11-8-16(10-14(2,3)17-11)9-12-4-6-13(15)7-5-12/h11-13H,4-10,15H2,1-3H3. The number of rotatable bonds is 2. The van der Waals surface area contributed by atoms with Crippen molar-refractivity contribution in [1.82, 2.24) is 4.90 Å². The van der Waals surface area contributed by atoms with E-state index in [4.69, 9.17) is 10.5 Å². The van der Waals surface area contributed by atoms with Crippen LogP contribution in [0.4, 0.5) is 0 Å². The molecule has 1 aliphatic carbocycles. The summed E-state index contributed by atoms with van der Waals surface area (Å²) in [5.41, 5.74) is 5.98. The molecule has 1 saturated heterocycles. The summed E-state index contributed by atoms with van der Waals surface area (Å²) in [4.78, 5) is 2.59. The van der Waals surface area contributed by atoms with Crippen molar-refractivity contribution in [2.75, 3.05) is 19.6 Å². The Bertz CT molecular complexity index is 247. The van der Waals surface area contributed by atoms with Crippen molar-refractivity contribution < 1.29 is 4.74 Å². The van der Waals surface area contributed by atoms with E-state index >= 15 is 0 Å². The maximum Gasteiger partial charge on any atom is 0.0757 e. The van der Waals surface area contributed by atoms with Crippen molar-refractivity contribution in [1.29, 1.82) is 0 Å². The van der Waals surface area contributed by atoms with Crippen molar-refractivity contribution in [3.8, 4) is 0 Å². The Morgan fingerprint density at radius 1 is 1.24 bits per heavy atom. The first kappa shape index (κ1) is 13.3. The van der Waals surface area contributed by atoms with E-state index in [-0.39, 0.29) is 5.60 Å². The lowest BCUT2D eigenvalue weighted by molar-refractivity contribution is -0.131. The third kappa shape index (κ3) is 3.94. The topological polar surface area (TPSA) is 38.5 Å². The number of nitrogens with zero attached hydrogens (tertiary/aromatic N) is 1. The predicted octanol–water partition coefficient (Wildman–Crippen LogP) is 2.00. The molecule has 2 N–H and O–H groups in total. The molecule has 2 rings (SSSR count). The van der Waals surface area contributed by atoms with Gasteiger partial charge in [-0.1, -0.05) is 0 Å². The average molecular weight is 240 g/mol. The Labute approximate surface area is 106 Å². The van der Waals surface area contributed by atoms with Gasteiger partial charge in [0.15, 0.2) is 0 Å². The maximum absolute atomic E-state index is 5.96. The highest BCUT2D eigenvalue weighted by molar-refractivity contribution is 4.85. The summed E-state index contributed by atoms with van der Waals surface area (Å²) in [6, 6.07) is 0.464. The Kier molecular flexibility index (Phi) is 4.11. The van der Waals surface area contributed by atoms with Crippen molar-refractivity contribution in [3.05, 3.63) is 0 Å². The van der Waals surface area contributed by atoms with E-state index in [1.807, 2.05) is 0 Å². The van der Waals surface area contributed by atoms with Crippen molar-refractivity contribution in [2.45, 2.75) is 64.2 Å². The molecule has 3 nitrogen and oxygen atoms in total. The van der Waals surface area contributed by atoms with Gasteiger partial charge in [0.25, 0.3) is 0 Å². The third-order valence-electron chi connectivity index (χ3n) is 4.05. The first-order valence-corrected chi connectivity index (χ1v) is 7.10. The largest absolute Gasteiger partial charge is 0.370 e. The quantitative estimate of drug-likeness (QED) is 0.802. The Morgan fingerprint density at radius 3 is 2.47 bits per heavy atom. The van der Waals surface area contributed by atoms with Gasteiger partial charge in [0.1, 0.15) is 0 Å². The zero-order valence-corrected chi connectivity index (χ0v) is 11.6. The summed E-state index contributed by atoms with van der Waals surface area (Å²) in [7, 11) is 0. The lowest BCUT2D eigenvalue weighted by atomic mass is 9.86. The number of hydrogen-bond donors (Lipinski definition) is 1. The summed E-state index contributed by atoms with van der Waals surface area (Å²) < 4.78 is 5.95. The van der Waals surface area contributed by atoms with E-state index in [1.165, 1.54) is 32.2 Å². The van der Waals surface area contributed by atoms with E-state index in [0.717, 1.165) is 19.0 Å². The molecule has 0 amide bonds. The van der Waals surface area contributed by atoms with Crippen LogP contribution in [0.2, 0.25) is 0 Å². The van der Waals surface area contributed by atoms with Gasteiger partial charge in [0.05, 0.1) is 11.7 Å². The molecule has 17 heavy (non-hydrogen) atoms. The molecular formula is C14H28N2O. The van der Waals surface area contributed by atoms with E-state index in [1.54, 1.807) is 0 Å². The SMILES string of the molecule is CC1CN(CC2CCC(N)CC2)CC(C)(C)O1. The van der Waals surface area contributed by atoms with Gasteiger partial charge >= 0.3 is 0 Å². The van der Waals surface area contributed by atoms with Crippen LogP contribution in [0.5, 0.6) is 0 Å². The third-order valence-corrected chi connectivity index (χ3v) is 4.05. The second-order valence-corrected chi connectivity index (χ2v) is 6.66. The maximum atomic E-state index is 5.96. The fourth-order valence-corrected chi connectivity index (χ4v) is 3.46. The molecule has 1 aliphatic heterocycles. The first-order valence-electron chi connectivity index (χ1n) is 7.10. The summed E-state index contributed by atoms with van der Waals surface area (Å²) in [5.74, 6) is 0.857. The summed E-state index contributed by atoms with van der Waals surface area (Å²) >= 11 is 0. The summed E-state index contributed by atoms with van der Waals surface area (Å²) in [5, 5.41) is 0. The molecule has 1 unspecified atom stereocenters. The van der Waals surface area contributed by atoms with Gasteiger partial charge in [-0.05, 0) is 52.4 Å². The zero-order chi connectivity index (χ0) is 12.5. The van der Waals surface area contributed by atoms with Crippen LogP contribution in [0.3, 0.4) is 0 Å². The van der Waals surface area contributed by atoms with Crippen LogP contribution in [0.25, 0.3) is 0 Å². The lowest BCUT2D eigenvalue weighted by Crippen LogP contribution is -2.53. The van der Waals surface area contributed by atoms with Gasteiger partial charge in [-0.2, -0.15) is 0 Å². The molecule has 100 valence electrons. The Hall–Kier alpha value is -0.120. The van der Waals surface area contributed by atoms with Crippen molar-refractivity contribution >= 4 is 0 Å². The summed E-state index contributed by atoms with van der Waals surface area (Å²) in [6.45, 7) is 9.99. The van der Waals surface area contributed by atoms with Crippen LogP contribution in [0.1, 0.15) is 46.5 Å². The van der Waals surface area contributed by atoms with Crippen LogP contribution >= 0.6 is 0 Å². The van der Waals surface area contributed by atoms with Crippen molar-refractivity contribution in [2.24, 2.45) is 11.7 Å². The monoisotopic (exact) mass is 240 g/mol. The molecule has 1 atom stereocenters. The first-order chi connectivity index (χ1) is 7.94. The normalized spacial score (nSPS) is 39.2. The van der Waals surface area contributed by atoms with Crippen LogP contribution < -0.4 is 5.73 Å². The van der Waals surface area contributed by atoms with Crippen LogP contribution in [0, 0.1) is 5.92 Å². The highest BCUT2D eigenvalue weighted by Crippen LogP contribution is 2.27. The molecule has 2 aliphatic rings. The summed E-state index contributed by atoms with van der Waals surface area (Å²) in [6.07, 6.45) is 5.42. The highest BCUT2D eigenvalue weighted by Gasteiger charge is 2.32. The highest BCUT2D eigenvalue weighted by atomic mass is 16.5. The van der Waals surface area contributed by atoms with Crippen LogP contribution in [-0.2, 0) is 4.74 Å². The minimum Gasteiger partial charge on any atom is -0.370 e. The van der Waals surface area contributed by atoms with Gasteiger partial charge in [0.2, 0.25) is 0 Å². The Morgan fingerprint density at radius 2 is 1.88 bits per heavy atom. The van der Waals surface area contributed by atoms with Gasteiger partial charge in [-0.3, -0.25) is 4.90 Å². The molecular weight excluding hydrogens is 212 g/mol. The minimum atomic E-state index is 0.0166. The number of morpholine rings is 1. The molecule has 0 bridgehead atoms. The van der Waals surface area contributed by atoms with E-state index in [2.05, 4.69) is 25.7 Å². The molecule has 0 aromatic carbocycles. The van der Waals surface area contributed by atoms with Gasteiger partial charge < -0.3 is 10.5 Å². The second-order valence-electron chi connectivity index (χ2n) is 6.66. The second kappa shape index (κ2) is 5.25. The number of hydrogen-bond acceptors (Lipinski definition) is 3. The number of ether oxygens (including phenoxy) is 1. The average Bonchev–Trinajstić information content (AvgIpc) is 2.18. The fraction of sp³-hybridized carbons (Fsp3) is 1.00. The molecule has 1 saturated carbocycles. The van der Waals surface area contributed by atoms with Gasteiger partial charge in [-0.15, -0.1) is 0 Å². The number of nitrogens with two attached hydrogens (primary N) is 1. The molecule has 0 aromatic heterocycles. The molecule has 1 heterocycles. The van der Waals surface area contributed by atoms with Gasteiger partial charge in [-0.25, -0.2) is 0 Å². The van der Waals surface area contributed by atoms with Crippen LogP contribution in [-0.4, -0.2) is 42.3 Å². The fourth-order valence-electron chi connectivity index (χ4n) is 3.46.